The first kappa shape index (κ1) is 23.0. The van der Waals surface area contributed by atoms with Crippen molar-refractivity contribution in [3.05, 3.63) is 47.8 Å². The molecule has 5 rings (SSSR count). The van der Waals surface area contributed by atoms with Crippen LogP contribution in [0.4, 0.5) is 5.82 Å². The third-order valence-corrected chi connectivity index (χ3v) is 7.75. The maximum atomic E-state index is 11.6. The number of fused-ring (bicyclic) bond motifs is 2. The third kappa shape index (κ3) is 5.16. The van der Waals surface area contributed by atoms with Crippen molar-refractivity contribution >= 4 is 34.5 Å². The number of rotatable bonds is 7. The molecule has 1 atom stereocenters. The monoisotopic (exact) mass is 479 g/mol. The number of nitrogens with zero attached hydrogens (tertiary/aromatic N) is 3. The molecule has 0 saturated heterocycles. The second kappa shape index (κ2) is 10.2. The minimum atomic E-state index is -0.414. The van der Waals surface area contributed by atoms with E-state index < -0.39 is 6.10 Å². The number of aliphatic hydroxyl groups is 1. The van der Waals surface area contributed by atoms with Gasteiger partial charge in [0, 0.05) is 31.3 Å². The van der Waals surface area contributed by atoms with Gasteiger partial charge in [-0.3, -0.25) is 9.78 Å². The summed E-state index contributed by atoms with van der Waals surface area (Å²) in [5.74, 6) is 1.94. The Labute approximate surface area is 202 Å². The van der Waals surface area contributed by atoms with E-state index in [2.05, 4.69) is 25.6 Å². The number of methoxy groups -OCH3 is 1. The molecule has 178 valence electrons. The second-order valence-corrected chi connectivity index (χ2v) is 9.96. The van der Waals surface area contributed by atoms with Gasteiger partial charge in [-0.2, -0.15) is 0 Å². The number of hydrogen-bond donors (Lipinski definition) is 3. The Morgan fingerprint density at radius 3 is 2.85 bits per heavy atom. The van der Waals surface area contributed by atoms with Crippen molar-refractivity contribution in [1.29, 1.82) is 0 Å². The van der Waals surface area contributed by atoms with Gasteiger partial charge in [0.1, 0.15) is 5.82 Å². The number of thioether (sulfide) groups is 1. The van der Waals surface area contributed by atoms with Crippen molar-refractivity contribution in [2.75, 3.05) is 18.2 Å². The van der Waals surface area contributed by atoms with Gasteiger partial charge in [-0.25, -0.2) is 9.97 Å². The van der Waals surface area contributed by atoms with Gasteiger partial charge in [-0.1, -0.05) is 0 Å². The lowest BCUT2D eigenvalue weighted by atomic mass is 9.81. The minimum Gasteiger partial charge on any atom is -0.481 e. The molecule has 3 aromatic rings. The van der Waals surface area contributed by atoms with Gasteiger partial charge in [0.2, 0.25) is 11.8 Å². The fraction of sp³-hybridized carbons (Fsp3) is 0.440. The van der Waals surface area contributed by atoms with E-state index in [1.807, 2.05) is 24.3 Å². The number of carbonyl (C=O) groups excluding carboxylic acids is 1. The van der Waals surface area contributed by atoms with E-state index in [0.717, 1.165) is 52.9 Å². The molecule has 1 amide bonds. The Morgan fingerprint density at radius 1 is 1.18 bits per heavy atom. The van der Waals surface area contributed by atoms with E-state index in [0.29, 0.717) is 36.5 Å². The summed E-state index contributed by atoms with van der Waals surface area (Å²) in [6.45, 7) is 0.669. The summed E-state index contributed by atoms with van der Waals surface area (Å²) in [5.41, 5.74) is 3.53. The number of anilines is 1. The normalized spacial score (nSPS) is 21.1. The lowest BCUT2D eigenvalue weighted by molar-refractivity contribution is -0.113. The smallest absolute Gasteiger partial charge is 0.235 e. The van der Waals surface area contributed by atoms with E-state index in [4.69, 9.17) is 4.74 Å². The molecule has 34 heavy (non-hydrogen) atoms. The highest BCUT2D eigenvalue weighted by Gasteiger charge is 2.27. The Morgan fingerprint density at radius 2 is 2.03 bits per heavy atom. The van der Waals surface area contributed by atoms with Gasteiger partial charge in [0.15, 0.2) is 0 Å². The van der Waals surface area contributed by atoms with Crippen LogP contribution in [0.5, 0.6) is 5.88 Å². The molecule has 1 aliphatic heterocycles. The molecular formula is C25H29N5O3S. The fourth-order valence-electron chi connectivity index (χ4n) is 4.79. The number of nitrogens with one attached hydrogen (secondary N) is 2. The highest BCUT2D eigenvalue weighted by atomic mass is 32.2. The zero-order chi connectivity index (χ0) is 23.5. The van der Waals surface area contributed by atoms with Crippen LogP contribution in [0, 0.1) is 5.92 Å². The average Bonchev–Trinajstić information content (AvgIpc) is 2.87. The molecule has 2 aliphatic rings. The molecular weight excluding hydrogens is 450 g/mol. The maximum Gasteiger partial charge on any atom is 0.235 e. The molecule has 3 aromatic heterocycles. The first-order valence-corrected chi connectivity index (χ1v) is 12.7. The fourth-order valence-corrected chi connectivity index (χ4v) is 5.55. The topological polar surface area (TPSA) is 109 Å². The van der Waals surface area contributed by atoms with E-state index in [9.17, 15) is 9.90 Å². The van der Waals surface area contributed by atoms with Gasteiger partial charge < -0.3 is 20.5 Å². The molecule has 3 N–H and O–H groups in total. The molecule has 1 saturated carbocycles. The lowest BCUT2D eigenvalue weighted by Crippen LogP contribution is -2.36. The molecule has 4 heterocycles. The summed E-state index contributed by atoms with van der Waals surface area (Å²) in [6.07, 6.45) is 5.91. The molecule has 8 nitrogen and oxygen atoms in total. The maximum absolute atomic E-state index is 11.6. The van der Waals surface area contributed by atoms with E-state index >= 15 is 0 Å². The number of aliphatic hydroxyl groups excluding tert-OH is 1. The van der Waals surface area contributed by atoms with Gasteiger partial charge in [0.05, 0.1) is 40.6 Å². The Bertz CT molecular complexity index is 1180. The predicted molar refractivity (Wildman–Crippen MR) is 132 cm³/mol. The Kier molecular flexibility index (Phi) is 6.94. The largest absolute Gasteiger partial charge is 0.481 e. The molecule has 0 unspecified atom stereocenters. The van der Waals surface area contributed by atoms with Gasteiger partial charge in [0.25, 0.3) is 0 Å². The van der Waals surface area contributed by atoms with Crippen LogP contribution in [-0.2, 0) is 17.8 Å². The molecule has 9 heteroatoms. The predicted octanol–water partition coefficient (Wildman–Crippen LogP) is 3.33. The number of amides is 1. The van der Waals surface area contributed by atoms with Crippen LogP contribution in [0.25, 0.3) is 11.0 Å². The van der Waals surface area contributed by atoms with Gasteiger partial charge in [-0.15, -0.1) is 11.8 Å². The van der Waals surface area contributed by atoms with E-state index in [1.54, 1.807) is 19.4 Å². The number of carbonyl (C=O) groups is 1. The standard InChI is InChI=1S/C25H29N5O3S/c1-33-23-9-7-19-24(30-23)16(10-11-26-19)12-20(31)15-2-4-17(5-3-15)27-13-18-6-8-21-25(28-18)29-22(32)14-34-21/h6-11,15,17,20,27,31H,2-5,12-14H2,1H3,(H,28,29,32)/t15-,17-,20-/m0/s1. The zero-order valence-electron chi connectivity index (χ0n) is 19.2. The number of aromatic nitrogens is 3. The summed E-state index contributed by atoms with van der Waals surface area (Å²) < 4.78 is 5.27. The van der Waals surface area contributed by atoms with Crippen molar-refractivity contribution in [2.45, 2.75) is 55.7 Å². The van der Waals surface area contributed by atoms with Crippen LogP contribution >= 0.6 is 11.8 Å². The Hall–Kier alpha value is -2.75. The average molecular weight is 480 g/mol. The number of hydrogen-bond acceptors (Lipinski definition) is 8. The van der Waals surface area contributed by atoms with Crippen LogP contribution in [0.2, 0.25) is 0 Å². The second-order valence-electron chi connectivity index (χ2n) is 8.94. The van der Waals surface area contributed by atoms with E-state index in [-0.39, 0.29) is 11.8 Å². The molecule has 0 spiro atoms. The molecule has 1 aliphatic carbocycles. The summed E-state index contributed by atoms with van der Waals surface area (Å²) in [4.78, 5) is 26.2. The highest BCUT2D eigenvalue weighted by molar-refractivity contribution is 8.00. The number of ether oxygens (including phenoxy) is 1. The Balaban J connectivity index is 1.14. The van der Waals surface area contributed by atoms with Crippen LogP contribution in [0.3, 0.4) is 0 Å². The van der Waals surface area contributed by atoms with Gasteiger partial charge >= 0.3 is 0 Å². The summed E-state index contributed by atoms with van der Waals surface area (Å²) in [5, 5.41) is 17.5. The van der Waals surface area contributed by atoms with Crippen molar-refractivity contribution in [3.63, 3.8) is 0 Å². The highest BCUT2D eigenvalue weighted by Crippen LogP contribution is 2.31. The SMILES string of the molecule is COc1ccc2nccc(C[C@H](O)[C@H]3CC[C@H](NCc4ccc5c(n4)NC(=O)CS5)CC3)c2n1. The molecule has 0 bridgehead atoms. The summed E-state index contributed by atoms with van der Waals surface area (Å²) >= 11 is 1.53. The zero-order valence-corrected chi connectivity index (χ0v) is 20.0. The molecule has 0 radical (unpaired) electrons. The van der Waals surface area contributed by atoms with Gasteiger partial charge in [-0.05, 0) is 61.4 Å². The minimum absolute atomic E-state index is 0.00155. The lowest BCUT2D eigenvalue weighted by Gasteiger charge is -2.32. The van der Waals surface area contributed by atoms with E-state index in [1.165, 1.54) is 11.8 Å². The van der Waals surface area contributed by atoms with Crippen molar-refractivity contribution in [3.8, 4) is 5.88 Å². The molecule has 1 fully saturated rings. The van der Waals surface area contributed by atoms with Crippen molar-refractivity contribution in [1.82, 2.24) is 20.3 Å². The van der Waals surface area contributed by atoms with Crippen LogP contribution in [0.15, 0.2) is 41.4 Å². The summed E-state index contributed by atoms with van der Waals surface area (Å²) in [7, 11) is 1.60. The van der Waals surface area contributed by atoms with Crippen LogP contribution in [-0.4, -0.2) is 51.0 Å². The van der Waals surface area contributed by atoms with Crippen molar-refractivity contribution < 1.29 is 14.6 Å². The summed E-state index contributed by atoms with van der Waals surface area (Å²) in [6, 6.07) is 10.1. The van der Waals surface area contributed by atoms with Crippen molar-refractivity contribution in [2.24, 2.45) is 5.92 Å². The number of pyridine rings is 3. The quantitative estimate of drug-likeness (QED) is 0.474. The molecule has 0 aromatic carbocycles. The third-order valence-electron chi connectivity index (χ3n) is 6.70. The first-order chi connectivity index (χ1) is 16.6. The van der Waals surface area contributed by atoms with Crippen LogP contribution < -0.4 is 15.4 Å². The first-order valence-electron chi connectivity index (χ1n) is 11.7. The van der Waals surface area contributed by atoms with Crippen LogP contribution in [0.1, 0.15) is 36.9 Å².